The summed E-state index contributed by atoms with van der Waals surface area (Å²) < 4.78 is 12.1. The van der Waals surface area contributed by atoms with Crippen LogP contribution in [0.4, 0.5) is 0 Å². The number of aliphatic hydroxyl groups is 4. The summed E-state index contributed by atoms with van der Waals surface area (Å²) in [6, 6.07) is 0. The van der Waals surface area contributed by atoms with Crippen LogP contribution in [0, 0.1) is 191 Å². The van der Waals surface area contributed by atoms with Crippen molar-refractivity contribution in [3.63, 3.8) is 0 Å². The highest BCUT2D eigenvalue weighted by atomic mass is 16.5. The van der Waals surface area contributed by atoms with E-state index in [0.717, 1.165) is 115 Å². The topological polar surface area (TPSA) is 245 Å². The molecular weight excluding hydrogens is 1430 g/mol. The fraction of sp³-hybridized carbons (Fsp3) is 0.890. The molecule has 7 N–H and O–H groups in total. The van der Waals surface area contributed by atoms with E-state index >= 15 is 0 Å². The van der Waals surface area contributed by atoms with E-state index in [9.17, 15) is 59.7 Å². The number of aliphatic carboxylic acids is 3. The average molecular weight is 1590 g/mol. The van der Waals surface area contributed by atoms with E-state index in [-0.39, 0.29) is 138 Å². The van der Waals surface area contributed by atoms with Crippen LogP contribution in [-0.2, 0) is 33.4 Å². The molecule has 0 heterocycles. The minimum Gasteiger partial charge on any atom is -0.481 e. The van der Waals surface area contributed by atoms with Gasteiger partial charge in [0.15, 0.2) is 0 Å². The van der Waals surface area contributed by atoms with E-state index in [2.05, 4.69) is 171 Å². The summed E-state index contributed by atoms with van der Waals surface area (Å²) in [5.41, 5.74) is 3.46. The predicted molar refractivity (Wildman–Crippen MR) is 455 cm³/mol. The summed E-state index contributed by atoms with van der Waals surface area (Å²) in [6.45, 7) is 58.3. The van der Waals surface area contributed by atoms with Gasteiger partial charge in [0.25, 0.3) is 0 Å². The van der Waals surface area contributed by atoms with E-state index in [1.807, 2.05) is 13.8 Å². The zero-order valence-corrected chi connectivity index (χ0v) is 76.5. The monoisotopic (exact) mass is 1590 g/mol. The highest BCUT2D eigenvalue weighted by Crippen LogP contribution is 2.80. The van der Waals surface area contributed by atoms with Crippen LogP contribution in [0.5, 0.6) is 0 Å². The van der Waals surface area contributed by atoms with Crippen molar-refractivity contribution in [2.75, 3.05) is 0 Å². The van der Waals surface area contributed by atoms with Crippen LogP contribution in [-0.4, -0.2) is 102 Å². The first-order valence-corrected chi connectivity index (χ1v) is 46.5. The normalized spacial score (nSPS) is 47.0. The van der Waals surface area contributed by atoms with Crippen molar-refractivity contribution in [3.8, 4) is 0 Å². The number of rotatable bonds is 20. The van der Waals surface area contributed by atoms with Crippen LogP contribution in [0.2, 0.25) is 0 Å². The molecular formula is C100H166O14. The van der Waals surface area contributed by atoms with Gasteiger partial charge < -0.3 is 45.2 Å². The van der Waals surface area contributed by atoms with Gasteiger partial charge in [0.05, 0.1) is 42.2 Å². The van der Waals surface area contributed by atoms with Crippen LogP contribution >= 0.6 is 0 Å². The number of hydrogen-bond acceptors (Lipinski definition) is 11. The van der Waals surface area contributed by atoms with Gasteiger partial charge in [0, 0.05) is 25.7 Å². The maximum absolute atomic E-state index is 12.9. The van der Waals surface area contributed by atoms with E-state index in [1.54, 1.807) is 0 Å². The molecule has 0 amide bonds. The summed E-state index contributed by atoms with van der Waals surface area (Å²) in [4.78, 5) is 63.1. The Bertz CT molecular complexity index is 3500. The largest absolute Gasteiger partial charge is 0.481 e. The lowest BCUT2D eigenvalue weighted by atomic mass is 9.34. The van der Waals surface area contributed by atoms with E-state index in [4.69, 9.17) is 9.47 Å². The molecule has 12 aliphatic carbocycles. The molecule has 9 unspecified atom stereocenters. The van der Waals surface area contributed by atoms with Crippen molar-refractivity contribution < 1.29 is 69.2 Å². The van der Waals surface area contributed by atoms with Gasteiger partial charge in [0.2, 0.25) is 0 Å². The smallest absolute Gasteiger partial charge is 0.306 e. The molecule has 12 rings (SSSR count). The minimum atomic E-state index is -0.804. The number of carbonyl (C=O) groups excluding carboxylic acids is 2. The third-order valence-corrected chi connectivity index (χ3v) is 38.8. The van der Waals surface area contributed by atoms with Gasteiger partial charge in [-0.3, -0.25) is 24.0 Å². The number of hydrogen-bond donors (Lipinski definition) is 7. The quantitative estimate of drug-likeness (QED) is 0.0443. The summed E-state index contributed by atoms with van der Waals surface area (Å²) in [5, 5.41) is 77.1. The van der Waals surface area contributed by atoms with Gasteiger partial charge >= 0.3 is 29.8 Å². The van der Waals surface area contributed by atoms with Crippen molar-refractivity contribution >= 4 is 29.8 Å². The predicted octanol–water partition coefficient (Wildman–Crippen LogP) is 22.0. The number of carboxylic acids is 3. The number of ether oxygens (including phenoxy) is 2. The van der Waals surface area contributed by atoms with Crippen LogP contribution in [0.1, 0.15) is 334 Å². The molecule has 0 bridgehead atoms. The highest BCUT2D eigenvalue weighted by molar-refractivity contribution is 5.72. The van der Waals surface area contributed by atoms with E-state index in [0.29, 0.717) is 104 Å². The Hall–Kier alpha value is -3.59. The first-order chi connectivity index (χ1) is 52.8. The summed E-state index contributed by atoms with van der Waals surface area (Å²) >= 11 is 0. The number of carboxylic acid groups (broad SMARTS) is 3. The third kappa shape index (κ3) is 15.9. The molecule has 12 aliphatic rings. The van der Waals surface area contributed by atoms with Crippen molar-refractivity contribution in [1.82, 2.24) is 0 Å². The number of fused-ring (bicyclic) bond motifs is 15. The molecule has 36 atom stereocenters. The molecule has 12 fully saturated rings. The van der Waals surface area contributed by atoms with Crippen LogP contribution in [0.15, 0.2) is 34.9 Å². The zero-order chi connectivity index (χ0) is 84.9. The second-order valence-electron chi connectivity index (χ2n) is 45.7. The Labute approximate surface area is 691 Å². The minimum absolute atomic E-state index is 0.00970. The van der Waals surface area contributed by atoms with Crippen LogP contribution < -0.4 is 0 Å². The Morgan fingerprint density at radius 2 is 0.658 bits per heavy atom. The Kier molecular flexibility index (Phi) is 27.9. The second kappa shape index (κ2) is 34.4. The van der Waals surface area contributed by atoms with Gasteiger partial charge in [-0.25, -0.2) is 0 Å². The first kappa shape index (κ1) is 92.7. The van der Waals surface area contributed by atoms with Gasteiger partial charge in [-0.15, -0.1) is 0 Å². The summed E-state index contributed by atoms with van der Waals surface area (Å²) in [6.07, 6.45) is 26.0. The maximum atomic E-state index is 12.9. The lowest BCUT2D eigenvalue weighted by Gasteiger charge is -2.70. The average Bonchev–Trinajstić information content (AvgIpc) is 1.38. The Balaban J connectivity index is 0.000000181. The zero-order valence-electron chi connectivity index (χ0n) is 76.5. The van der Waals surface area contributed by atoms with Crippen molar-refractivity contribution in [3.05, 3.63) is 34.9 Å². The Morgan fingerprint density at radius 3 is 1.00 bits per heavy atom. The fourth-order valence-electron chi connectivity index (χ4n) is 33.4. The van der Waals surface area contributed by atoms with Gasteiger partial charge in [0.1, 0.15) is 12.2 Å². The molecule has 0 aliphatic heterocycles. The molecule has 114 heavy (non-hydrogen) atoms. The lowest BCUT2D eigenvalue weighted by Crippen LogP contribution is -2.66. The molecule has 0 aromatic carbocycles. The molecule has 0 radical (unpaired) electrons. The lowest BCUT2D eigenvalue weighted by molar-refractivity contribution is -0.240. The fourth-order valence-corrected chi connectivity index (χ4v) is 33.4. The van der Waals surface area contributed by atoms with Crippen molar-refractivity contribution in [1.29, 1.82) is 0 Å². The molecule has 0 aromatic rings. The van der Waals surface area contributed by atoms with E-state index < -0.39 is 48.1 Å². The molecule has 12 saturated carbocycles. The van der Waals surface area contributed by atoms with Gasteiger partial charge in [-0.05, 0) is 357 Å². The molecule has 0 aromatic heterocycles. The maximum Gasteiger partial charge on any atom is 0.306 e. The third-order valence-electron chi connectivity index (χ3n) is 38.8. The second-order valence-corrected chi connectivity index (χ2v) is 45.7. The number of esters is 2. The van der Waals surface area contributed by atoms with Crippen molar-refractivity contribution in [2.24, 2.45) is 191 Å². The number of carbonyl (C=O) groups is 5. The Morgan fingerprint density at radius 1 is 0.351 bits per heavy atom. The number of allylic oxidation sites excluding steroid dienone is 6. The number of aliphatic hydroxyl groups excluding tert-OH is 4. The SMILES string of the molecule is CC(=O)O[C@H]1C[C@@]2(C)[C@@H](CC(C(C)C)[C@H]3[C@@]4(C)CC[C@@H](O)[C@@H](C)[C@@H]4CC[C@@]32C)C1C(CCC=C(C)C)C(=O)O.CC(=O)O[C@H]1C[C@@]2(C)[C@@H](C[C@@H](O)[C@H]3[C@@]4(C)CCC(C(C)C)[C@@H](C)[C@@H]4CC[C@@]32C)C1C(CCC=C(C)C)C(=O)O.CC(C)=CCCC(C(=O)O)C1C(C(C)C)C[C@@]2(C)[C@H]1C[C@@H](O)[C@H]1[C@@]3(C)CC[C@@H](O)[C@@H](C)[C@@H]3CC[C@@]12C. The van der Waals surface area contributed by atoms with Crippen LogP contribution in [0.25, 0.3) is 0 Å². The highest BCUT2D eigenvalue weighted by Gasteiger charge is 2.76. The first-order valence-electron chi connectivity index (χ1n) is 46.5. The molecule has 0 saturated heterocycles. The standard InChI is InChI=1S/2C34H56O5.C32H54O4/c1-19(2)11-10-12-23(31(37)38)29-26-17-24(20(3)4)30-32(7)15-14-27(36)21(5)25(32)13-16-33(30,8)34(26,9)18-28(29)39-22(6)35;1-19(2)11-10-12-24(31(37)38)29-26-17-27(36)30-32(7)15-13-23(20(3)4)21(5)25(32)14-16-33(30,8)34(26,9)18-28(29)39-22(6)35;1-18(2)10-9-11-21(29(35)36)27-22(19(3)4)17-32(8)24(27)16-26(34)28-30(6)14-13-25(33)20(5)23(30)12-15-31(28,32)7/h2*11,20-21,23-30,36H,10,12-18H2,1-9H3,(H,37,38);10,19-28,33-34H,9,11-17H2,1-8H3,(H,35,36)/t21-,23?,24?,25-,26-,27+,28-,29?,30-,32-,33-,34-;21-,23?,24?,25+,26+,27-,28+,29?,30+,32+,33+,34+;20-,21?,22?,23-,24-,25+,26+,27?,28-,30-,31-,32-/m010/s1. The van der Waals surface area contributed by atoms with Crippen molar-refractivity contribution in [2.45, 2.75) is 371 Å². The van der Waals surface area contributed by atoms with Gasteiger partial charge in [-0.1, -0.05) is 160 Å². The molecule has 650 valence electrons. The summed E-state index contributed by atoms with van der Waals surface area (Å²) in [7, 11) is 0. The van der Waals surface area contributed by atoms with E-state index in [1.165, 1.54) is 37.0 Å². The molecule has 0 spiro atoms. The molecule has 14 heteroatoms. The molecule has 14 nitrogen and oxygen atoms in total. The summed E-state index contributed by atoms with van der Waals surface area (Å²) in [5.74, 6) is 2.65. The van der Waals surface area contributed by atoms with Crippen LogP contribution in [0.3, 0.4) is 0 Å². The van der Waals surface area contributed by atoms with Gasteiger partial charge in [-0.2, -0.15) is 0 Å².